The van der Waals surface area contributed by atoms with Gasteiger partial charge < -0.3 is 19.4 Å². The van der Waals surface area contributed by atoms with E-state index < -0.39 is 5.97 Å². The molecular formula is C18H15NO4. The van der Waals surface area contributed by atoms with Crippen LogP contribution >= 0.6 is 0 Å². The van der Waals surface area contributed by atoms with Crippen LogP contribution in [0, 0.1) is 0 Å². The Balaban J connectivity index is 2.00. The van der Waals surface area contributed by atoms with E-state index in [2.05, 4.69) is 4.98 Å². The molecular weight excluding hydrogens is 294 g/mol. The largest absolute Gasteiger partial charge is 0.550 e. The maximum Gasteiger partial charge on any atom is 0.215 e. The smallest absolute Gasteiger partial charge is 0.215 e. The number of H-pyrrole nitrogens is 1. The molecule has 0 fully saturated rings. The third-order valence-corrected chi connectivity index (χ3v) is 3.39. The van der Waals surface area contributed by atoms with Crippen molar-refractivity contribution in [3.05, 3.63) is 60.3 Å². The van der Waals surface area contributed by atoms with Crippen molar-refractivity contribution in [2.75, 3.05) is 7.11 Å². The van der Waals surface area contributed by atoms with Crippen molar-refractivity contribution in [2.45, 2.75) is 6.42 Å². The lowest BCUT2D eigenvalue weighted by molar-refractivity contribution is -0.362. The Morgan fingerprint density at radius 2 is 1.87 bits per heavy atom. The highest BCUT2D eigenvalue weighted by atomic mass is 16.5. The molecule has 0 radical (unpaired) electrons. The predicted octanol–water partition coefficient (Wildman–Crippen LogP) is 1.75. The van der Waals surface area contributed by atoms with Gasteiger partial charge in [-0.05, 0) is 24.3 Å². The minimum Gasteiger partial charge on any atom is -0.550 e. The summed E-state index contributed by atoms with van der Waals surface area (Å²) in [6, 6.07) is 16.6. The molecule has 0 bridgehead atoms. The molecule has 116 valence electrons. The molecule has 0 aliphatic carbocycles. The van der Waals surface area contributed by atoms with Gasteiger partial charge in [0.25, 0.3) is 0 Å². The van der Waals surface area contributed by atoms with Gasteiger partial charge in [-0.15, -0.1) is 0 Å². The van der Waals surface area contributed by atoms with Crippen LogP contribution in [0.15, 0.2) is 54.6 Å². The molecule has 0 spiro atoms. The Hall–Kier alpha value is -3.08. The number of carbonyl (C=O) groups is 1. The van der Waals surface area contributed by atoms with Crippen LogP contribution in [0.4, 0.5) is 0 Å². The molecule has 5 nitrogen and oxygen atoms in total. The number of nitrogens with one attached hydrogen (secondary N) is 1. The van der Waals surface area contributed by atoms with Gasteiger partial charge in [0.05, 0.1) is 24.9 Å². The van der Waals surface area contributed by atoms with E-state index in [1.165, 1.54) is 0 Å². The van der Waals surface area contributed by atoms with Crippen molar-refractivity contribution in [1.82, 2.24) is 0 Å². The first kappa shape index (κ1) is 14.8. The summed E-state index contributed by atoms with van der Waals surface area (Å²) < 4.78 is 11.2. The number of carboxylic acids is 1. The fraction of sp³-hybridized carbons (Fsp3) is 0.111. The van der Waals surface area contributed by atoms with Gasteiger partial charge in [-0.2, -0.15) is 0 Å². The summed E-state index contributed by atoms with van der Waals surface area (Å²) in [4.78, 5) is 13.8. The first-order valence-corrected chi connectivity index (χ1v) is 7.11. The lowest BCUT2D eigenvalue weighted by Crippen LogP contribution is -2.28. The third-order valence-electron chi connectivity index (χ3n) is 3.39. The maximum atomic E-state index is 10.8. The van der Waals surface area contributed by atoms with E-state index >= 15 is 0 Å². The average molecular weight is 309 g/mol. The van der Waals surface area contributed by atoms with Crippen molar-refractivity contribution in [3.63, 3.8) is 0 Å². The number of rotatable bonds is 5. The molecule has 1 N–H and O–H groups in total. The molecule has 0 saturated heterocycles. The molecule has 0 saturated carbocycles. The van der Waals surface area contributed by atoms with E-state index in [1.807, 2.05) is 48.5 Å². The number of pyridine rings is 1. The number of ether oxygens (including phenoxy) is 2. The van der Waals surface area contributed by atoms with Crippen LogP contribution < -0.4 is 19.6 Å². The second kappa shape index (κ2) is 6.36. The Bertz CT molecular complexity index is 846. The van der Waals surface area contributed by atoms with Crippen molar-refractivity contribution >= 4 is 16.9 Å². The second-order valence-corrected chi connectivity index (χ2v) is 5.03. The van der Waals surface area contributed by atoms with E-state index in [0.29, 0.717) is 17.2 Å². The van der Waals surface area contributed by atoms with E-state index in [4.69, 9.17) is 9.47 Å². The number of fused-ring (bicyclic) bond motifs is 1. The zero-order chi connectivity index (χ0) is 16.2. The molecule has 0 atom stereocenters. The van der Waals surface area contributed by atoms with Crippen molar-refractivity contribution < 1.29 is 24.4 Å². The fourth-order valence-electron chi connectivity index (χ4n) is 2.39. The lowest BCUT2D eigenvalue weighted by atomic mass is 10.1. The Morgan fingerprint density at radius 3 is 2.57 bits per heavy atom. The lowest BCUT2D eigenvalue weighted by Gasteiger charge is -2.08. The van der Waals surface area contributed by atoms with Gasteiger partial charge in [-0.25, -0.2) is 4.98 Å². The van der Waals surface area contributed by atoms with Crippen molar-refractivity contribution in [3.8, 4) is 17.2 Å². The second-order valence-electron chi connectivity index (χ2n) is 5.03. The van der Waals surface area contributed by atoms with Crippen LogP contribution in [0.5, 0.6) is 17.2 Å². The highest BCUT2D eigenvalue weighted by Crippen LogP contribution is 2.29. The summed E-state index contributed by atoms with van der Waals surface area (Å²) in [5, 5.41) is 11.6. The van der Waals surface area contributed by atoms with Gasteiger partial charge in [-0.3, -0.25) is 0 Å². The summed E-state index contributed by atoms with van der Waals surface area (Å²) in [5.74, 6) is 0.839. The van der Waals surface area contributed by atoms with Crippen LogP contribution in [-0.2, 0) is 11.2 Å². The molecule has 3 rings (SSSR count). The van der Waals surface area contributed by atoms with Gasteiger partial charge in [0.15, 0.2) is 5.69 Å². The van der Waals surface area contributed by atoms with Gasteiger partial charge >= 0.3 is 0 Å². The topological polar surface area (TPSA) is 72.7 Å². The summed E-state index contributed by atoms with van der Waals surface area (Å²) in [6.07, 6.45) is -0.200. The van der Waals surface area contributed by atoms with Crippen LogP contribution in [0.1, 0.15) is 5.69 Å². The quantitative estimate of drug-likeness (QED) is 0.720. The van der Waals surface area contributed by atoms with Crippen LogP contribution in [0.2, 0.25) is 0 Å². The Labute approximate surface area is 133 Å². The maximum absolute atomic E-state index is 10.8. The number of para-hydroxylation sites is 1. The highest BCUT2D eigenvalue weighted by molar-refractivity contribution is 5.84. The zero-order valence-electron chi connectivity index (χ0n) is 12.5. The number of aromatic amines is 1. The molecule has 0 aliphatic rings. The Kier molecular flexibility index (Phi) is 4.10. The number of hydrogen-bond donors (Lipinski definition) is 0. The van der Waals surface area contributed by atoms with Gasteiger partial charge in [0.1, 0.15) is 17.2 Å². The molecule has 5 heteroatoms. The minimum atomic E-state index is -1.15. The molecule has 2 aromatic carbocycles. The number of aliphatic carboxylic acids is 1. The molecule has 1 aromatic heterocycles. The number of aromatic nitrogens is 1. The van der Waals surface area contributed by atoms with Crippen LogP contribution in [0.25, 0.3) is 10.9 Å². The molecule has 1 heterocycles. The molecule has 0 unspecified atom stereocenters. The van der Waals surface area contributed by atoms with E-state index in [1.54, 1.807) is 13.2 Å². The zero-order valence-corrected chi connectivity index (χ0v) is 12.5. The van der Waals surface area contributed by atoms with Gasteiger partial charge in [0.2, 0.25) is 5.52 Å². The normalized spacial score (nSPS) is 10.5. The Morgan fingerprint density at radius 1 is 1.09 bits per heavy atom. The summed E-state index contributed by atoms with van der Waals surface area (Å²) in [7, 11) is 1.54. The van der Waals surface area contributed by atoms with Crippen LogP contribution in [-0.4, -0.2) is 13.1 Å². The highest BCUT2D eigenvalue weighted by Gasteiger charge is 2.14. The monoisotopic (exact) mass is 309 g/mol. The minimum absolute atomic E-state index is 0.200. The first-order valence-electron chi connectivity index (χ1n) is 7.11. The van der Waals surface area contributed by atoms with Crippen LogP contribution in [0.3, 0.4) is 0 Å². The summed E-state index contributed by atoms with van der Waals surface area (Å²) in [5.41, 5.74) is 1.28. The number of benzene rings is 2. The molecule has 3 aromatic rings. The first-order chi connectivity index (χ1) is 11.2. The third kappa shape index (κ3) is 3.40. The van der Waals surface area contributed by atoms with Gasteiger partial charge in [-0.1, -0.05) is 18.2 Å². The van der Waals surface area contributed by atoms with Crippen molar-refractivity contribution in [1.29, 1.82) is 0 Å². The van der Waals surface area contributed by atoms with E-state index in [0.717, 1.165) is 16.7 Å². The molecule has 0 aliphatic heterocycles. The molecule has 0 amide bonds. The van der Waals surface area contributed by atoms with Crippen molar-refractivity contribution in [2.24, 2.45) is 0 Å². The standard InChI is InChI=1S/C18H15NO4/c1-22-17-9-12(10-18(20)21)19-16-8-7-14(11-15(16)17)23-13-5-3-2-4-6-13/h2-9,11H,10H2,1H3,(H,20,21). The molecule has 23 heavy (non-hydrogen) atoms. The van der Waals surface area contributed by atoms with Gasteiger partial charge in [0, 0.05) is 12.1 Å². The number of carbonyl (C=O) groups excluding carboxylic acids is 1. The number of methoxy groups -OCH3 is 1. The van der Waals surface area contributed by atoms with E-state index in [-0.39, 0.29) is 6.42 Å². The SMILES string of the molecule is COc1cc(CC(=O)[O-])[nH+]c2ccc(Oc3ccccc3)cc12. The fourth-order valence-corrected chi connectivity index (χ4v) is 2.39. The average Bonchev–Trinajstić information content (AvgIpc) is 2.55. The number of hydrogen-bond acceptors (Lipinski definition) is 4. The number of carboxylic acid groups (broad SMARTS) is 1. The summed E-state index contributed by atoms with van der Waals surface area (Å²) >= 11 is 0. The van der Waals surface area contributed by atoms with E-state index in [9.17, 15) is 9.90 Å². The predicted molar refractivity (Wildman–Crippen MR) is 82.3 cm³/mol. The summed E-state index contributed by atoms with van der Waals surface area (Å²) in [6.45, 7) is 0.